The molecule has 1 saturated heterocycles. The molecule has 0 radical (unpaired) electrons. The predicted octanol–water partition coefficient (Wildman–Crippen LogP) is 1.52. The second-order valence-corrected chi connectivity index (χ2v) is 2.30. The van der Waals surface area contributed by atoms with Crippen LogP contribution in [0.3, 0.4) is 0 Å². The normalized spacial score (nSPS) is 27.0. The van der Waals surface area contributed by atoms with E-state index in [1.54, 1.807) is 0 Å². The minimum absolute atomic E-state index is 0. The first-order chi connectivity index (χ1) is 3.93. The van der Waals surface area contributed by atoms with Crippen molar-refractivity contribution >= 4 is 12.4 Å². The van der Waals surface area contributed by atoms with E-state index in [-0.39, 0.29) is 25.1 Å². The van der Waals surface area contributed by atoms with E-state index in [2.05, 4.69) is 5.32 Å². The Morgan fingerprint density at radius 2 is 2.22 bits per heavy atom. The van der Waals surface area contributed by atoms with Crippen LogP contribution in [0.15, 0.2) is 0 Å². The Balaban J connectivity index is 0.000000640. The quantitative estimate of drug-likeness (QED) is 0.603. The van der Waals surface area contributed by atoms with Gasteiger partial charge in [-0.15, -0.1) is 12.4 Å². The van der Waals surface area contributed by atoms with Gasteiger partial charge in [0.25, 0.3) is 0 Å². The lowest BCUT2D eigenvalue weighted by Gasteiger charge is -2.19. The minimum Gasteiger partial charge on any atom is -0.311 e. The van der Waals surface area contributed by atoms with Crippen molar-refractivity contribution in [1.82, 2.24) is 5.32 Å². The van der Waals surface area contributed by atoms with Gasteiger partial charge in [-0.1, -0.05) is 6.42 Å². The number of hydrogen-bond donors (Lipinski definition) is 1. The summed E-state index contributed by atoms with van der Waals surface area (Å²) in [7, 11) is 0. The van der Waals surface area contributed by atoms with Gasteiger partial charge in [-0.2, -0.15) is 0 Å². The van der Waals surface area contributed by atoms with E-state index in [4.69, 9.17) is 0 Å². The average molecular weight is 154 g/mol. The number of alkyl halides is 1. The SMILES string of the molecule is Cl.FC[C@@H]1CCCCN1. The third kappa shape index (κ3) is 3.01. The highest BCUT2D eigenvalue weighted by Gasteiger charge is 2.10. The van der Waals surface area contributed by atoms with E-state index >= 15 is 0 Å². The Bertz CT molecular complexity index is 64.1. The van der Waals surface area contributed by atoms with Gasteiger partial charge < -0.3 is 5.32 Å². The highest BCUT2D eigenvalue weighted by molar-refractivity contribution is 5.85. The first-order valence-electron chi connectivity index (χ1n) is 3.23. The van der Waals surface area contributed by atoms with Gasteiger partial charge in [0, 0.05) is 6.04 Å². The summed E-state index contributed by atoms with van der Waals surface area (Å²) >= 11 is 0. The van der Waals surface area contributed by atoms with E-state index in [1.165, 1.54) is 12.8 Å². The van der Waals surface area contributed by atoms with Gasteiger partial charge >= 0.3 is 0 Å². The molecular weight excluding hydrogens is 141 g/mol. The molecule has 0 aromatic rings. The summed E-state index contributed by atoms with van der Waals surface area (Å²) in [6.45, 7) is 0.814. The molecule has 0 unspecified atom stereocenters. The minimum atomic E-state index is -0.194. The fourth-order valence-corrected chi connectivity index (χ4v) is 1.06. The molecule has 1 aliphatic rings. The second kappa shape index (κ2) is 5.00. The average Bonchev–Trinajstić information content (AvgIpc) is 1.90. The second-order valence-electron chi connectivity index (χ2n) is 2.30. The molecule has 1 atom stereocenters. The molecule has 0 aromatic heterocycles. The smallest absolute Gasteiger partial charge is 0.105 e. The van der Waals surface area contributed by atoms with Crippen molar-refractivity contribution in [3.63, 3.8) is 0 Å². The lowest BCUT2D eigenvalue weighted by Crippen LogP contribution is -2.35. The van der Waals surface area contributed by atoms with Gasteiger partial charge in [-0.25, -0.2) is 4.39 Å². The van der Waals surface area contributed by atoms with Crippen molar-refractivity contribution in [3.05, 3.63) is 0 Å². The molecule has 9 heavy (non-hydrogen) atoms. The first-order valence-corrected chi connectivity index (χ1v) is 3.23. The molecule has 56 valence electrons. The molecule has 0 aromatic carbocycles. The number of piperidine rings is 1. The molecule has 1 N–H and O–H groups in total. The molecular formula is C6H13ClFN. The summed E-state index contributed by atoms with van der Waals surface area (Å²) in [6, 6.07) is 0.170. The Kier molecular flexibility index (Phi) is 5.10. The maximum atomic E-state index is 11.8. The zero-order valence-electron chi connectivity index (χ0n) is 5.40. The van der Waals surface area contributed by atoms with Crippen molar-refractivity contribution in [2.24, 2.45) is 0 Å². The summed E-state index contributed by atoms with van der Waals surface area (Å²) in [5.41, 5.74) is 0. The number of halogens is 2. The van der Waals surface area contributed by atoms with Gasteiger partial charge in [0.2, 0.25) is 0 Å². The Morgan fingerprint density at radius 1 is 1.44 bits per heavy atom. The molecule has 1 heterocycles. The van der Waals surface area contributed by atoms with Crippen LogP contribution >= 0.6 is 12.4 Å². The molecule has 0 amide bonds. The molecule has 0 saturated carbocycles. The van der Waals surface area contributed by atoms with Crippen LogP contribution in [-0.2, 0) is 0 Å². The Morgan fingerprint density at radius 3 is 2.56 bits per heavy atom. The van der Waals surface area contributed by atoms with Crippen LogP contribution in [0.2, 0.25) is 0 Å². The van der Waals surface area contributed by atoms with E-state index in [1.807, 2.05) is 0 Å². The molecule has 3 heteroatoms. The lowest BCUT2D eigenvalue weighted by molar-refractivity contribution is 0.320. The van der Waals surface area contributed by atoms with Crippen LogP contribution < -0.4 is 5.32 Å². The molecule has 0 aliphatic carbocycles. The highest BCUT2D eigenvalue weighted by Crippen LogP contribution is 2.06. The van der Waals surface area contributed by atoms with E-state index in [9.17, 15) is 4.39 Å². The molecule has 1 nitrogen and oxygen atoms in total. The summed E-state index contributed by atoms with van der Waals surface area (Å²) in [6.07, 6.45) is 3.44. The fraction of sp³-hybridized carbons (Fsp3) is 1.00. The zero-order chi connectivity index (χ0) is 5.82. The molecule has 0 bridgehead atoms. The van der Waals surface area contributed by atoms with Crippen LogP contribution in [0.4, 0.5) is 4.39 Å². The van der Waals surface area contributed by atoms with E-state index in [0.29, 0.717) is 0 Å². The molecule has 1 fully saturated rings. The third-order valence-electron chi connectivity index (χ3n) is 1.60. The Labute approximate surface area is 61.4 Å². The lowest BCUT2D eigenvalue weighted by atomic mass is 10.1. The van der Waals surface area contributed by atoms with Gasteiger partial charge in [-0.05, 0) is 19.4 Å². The monoisotopic (exact) mass is 153 g/mol. The van der Waals surface area contributed by atoms with Crippen LogP contribution in [0, 0.1) is 0 Å². The van der Waals surface area contributed by atoms with Crippen LogP contribution in [0.5, 0.6) is 0 Å². The molecule has 1 aliphatic heterocycles. The largest absolute Gasteiger partial charge is 0.311 e. The maximum absolute atomic E-state index is 11.8. The first kappa shape index (κ1) is 9.18. The van der Waals surface area contributed by atoms with Gasteiger partial charge in [0.1, 0.15) is 6.67 Å². The van der Waals surface area contributed by atoms with Gasteiger partial charge in [0.15, 0.2) is 0 Å². The van der Waals surface area contributed by atoms with Gasteiger partial charge in [0.05, 0.1) is 0 Å². The van der Waals surface area contributed by atoms with Crippen molar-refractivity contribution < 1.29 is 4.39 Å². The summed E-state index contributed by atoms with van der Waals surface area (Å²) < 4.78 is 11.8. The Hall–Kier alpha value is 0.180. The van der Waals surface area contributed by atoms with Crippen molar-refractivity contribution in [1.29, 1.82) is 0 Å². The van der Waals surface area contributed by atoms with Crippen molar-refractivity contribution in [2.45, 2.75) is 25.3 Å². The third-order valence-corrected chi connectivity index (χ3v) is 1.60. The predicted molar refractivity (Wildman–Crippen MR) is 38.9 cm³/mol. The highest BCUT2D eigenvalue weighted by atomic mass is 35.5. The maximum Gasteiger partial charge on any atom is 0.105 e. The van der Waals surface area contributed by atoms with Crippen molar-refractivity contribution in [3.8, 4) is 0 Å². The van der Waals surface area contributed by atoms with Gasteiger partial charge in [-0.3, -0.25) is 0 Å². The zero-order valence-corrected chi connectivity index (χ0v) is 6.22. The number of rotatable bonds is 1. The number of hydrogen-bond acceptors (Lipinski definition) is 1. The number of nitrogens with one attached hydrogen (secondary N) is 1. The summed E-state index contributed by atoms with van der Waals surface area (Å²) in [5, 5.41) is 3.09. The summed E-state index contributed by atoms with van der Waals surface area (Å²) in [5.74, 6) is 0. The van der Waals surface area contributed by atoms with E-state index < -0.39 is 0 Å². The van der Waals surface area contributed by atoms with Crippen LogP contribution in [0.25, 0.3) is 0 Å². The fourth-order valence-electron chi connectivity index (χ4n) is 1.06. The molecule has 1 rings (SSSR count). The van der Waals surface area contributed by atoms with Crippen LogP contribution in [-0.4, -0.2) is 19.3 Å². The summed E-state index contributed by atoms with van der Waals surface area (Å²) in [4.78, 5) is 0. The molecule has 0 spiro atoms. The standard InChI is InChI=1S/C6H12FN.ClH/c7-5-6-3-1-2-4-8-6;/h6,8H,1-5H2;1H/t6-;/m0./s1. The van der Waals surface area contributed by atoms with E-state index in [0.717, 1.165) is 13.0 Å². The van der Waals surface area contributed by atoms with Crippen molar-refractivity contribution in [2.75, 3.05) is 13.2 Å². The van der Waals surface area contributed by atoms with Crippen LogP contribution in [0.1, 0.15) is 19.3 Å². The topological polar surface area (TPSA) is 12.0 Å².